The van der Waals surface area contributed by atoms with E-state index in [0.717, 1.165) is 5.69 Å². The fraction of sp³-hybridized carbons (Fsp3) is 0.333. The summed E-state index contributed by atoms with van der Waals surface area (Å²) >= 11 is 0. The first-order valence-corrected chi connectivity index (χ1v) is 5.19. The lowest BCUT2D eigenvalue weighted by Crippen LogP contribution is -2.64. The van der Waals surface area contributed by atoms with Crippen LogP contribution in [-0.2, 0) is 9.59 Å². The Bertz CT molecular complexity index is 426. The van der Waals surface area contributed by atoms with Gasteiger partial charge in [0.15, 0.2) is 0 Å². The van der Waals surface area contributed by atoms with E-state index in [4.69, 9.17) is 0 Å². The molecule has 0 aromatic heterocycles. The summed E-state index contributed by atoms with van der Waals surface area (Å²) in [4.78, 5) is 25.1. The summed E-state index contributed by atoms with van der Waals surface area (Å²) in [6, 6.07) is 9.23. The molecule has 1 N–H and O–H groups in total. The summed E-state index contributed by atoms with van der Waals surface area (Å²) in [5.74, 6) is -0.216. The smallest absolute Gasteiger partial charge is 0.252 e. The molecule has 1 heterocycles. The number of anilines is 1. The molecule has 4 nitrogen and oxygen atoms in total. The first-order chi connectivity index (χ1) is 7.50. The molecule has 2 amide bonds. The van der Waals surface area contributed by atoms with Crippen molar-refractivity contribution in [2.24, 2.45) is 0 Å². The van der Waals surface area contributed by atoms with E-state index in [1.807, 2.05) is 30.3 Å². The fourth-order valence-electron chi connectivity index (χ4n) is 1.81. The average molecular weight is 218 g/mol. The molecular formula is C12H14N2O2. The standard InChI is InChI=1S/C12H14N2O2/c1-12(2)11(16)14(8-10(15)13-12)9-6-4-3-5-7-9/h3-7H,8H2,1-2H3,(H,13,15). The van der Waals surface area contributed by atoms with Crippen LogP contribution in [-0.4, -0.2) is 23.9 Å². The second-order valence-corrected chi connectivity index (χ2v) is 4.40. The maximum atomic E-state index is 12.1. The second kappa shape index (κ2) is 3.63. The first kappa shape index (κ1) is 10.7. The van der Waals surface area contributed by atoms with Crippen molar-refractivity contribution in [3.8, 4) is 0 Å². The molecule has 0 atom stereocenters. The summed E-state index contributed by atoms with van der Waals surface area (Å²) in [6.07, 6.45) is 0. The normalized spacial score (nSPS) is 19.5. The predicted molar refractivity (Wildman–Crippen MR) is 61.0 cm³/mol. The molecule has 0 saturated carbocycles. The SMILES string of the molecule is CC1(C)NC(=O)CN(c2ccccc2)C1=O. The number of nitrogens with zero attached hydrogens (tertiary/aromatic N) is 1. The van der Waals surface area contributed by atoms with Crippen LogP contribution >= 0.6 is 0 Å². The van der Waals surface area contributed by atoms with Gasteiger partial charge in [-0.15, -0.1) is 0 Å². The number of carbonyl (C=O) groups excluding carboxylic acids is 2. The lowest BCUT2D eigenvalue weighted by Gasteiger charge is -2.37. The summed E-state index contributed by atoms with van der Waals surface area (Å²) in [6.45, 7) is 3.51. The van der Waals surface area contributed by atoms with Crippen LogP contribution in [0, 0.1) is 0 Å². The number of hydrogen-bond acceptors (Lipinski definition) is 2. The van der Waals surface area contributed by atoms with Crippen molar-refractivity contribution in [2.75, 3.05) is 11.4 Å². The van der Waals surface area contributed by atoms with Gasteiger partial charge in [-0.2, -0.15) is 0 Å². The van der Waals surface area contributed by atoms with Crippen LogP contribution in [0.2, 0.25) is 0 Å². The van der Waals surface area contributed by atoms with Crippen molar-refractivity contribution in [3.63, 3.8) is 0 Å². The largest absolute Gasteiger partial charge is 0.341 e. The van der Waals surface area contributed by atoms with Crippen molar-refractivity contribution in [1.29, 1.82) is 0 Å². The molecule has 0 aliphatic carbocycles. The molecule has 0 unspecified atom stereocenters. The first-order valence-electron chi connectivity index (χ1n) is 5.19. The maximum Gasteiger partial charge on any atom is 0.252 e. The Morgan fingerprint density at radius 2 is 1.81 bits per heavy atom. The molecule has 4 heteroatoms. The Morgan fingerprint density at radius 1 is 1.19 bits per heavy atom. The summed E-state index contributed by atoms with van der Waals surface area (Å²) in [7, 11) is 0. The molecule has 1 aromatic rings. The number of hydrogen-bond donors (Lipinski definition) is 1. The third-order valence-electron chi connectivity index (χ3n) is 2.60. The van der Waals surface area contributed by atoms with Crippen LogP contribution in [0.25, 0.3) is 0 Å². The Morgan fingerprint density at radius 3 is 2.44 bits per heavy atom. The second-order valence-electron chi connectivity index (χ2n) is 4.40. The molecule has 2 rings (SSSR count). The van der Waals surface area contributed by atoms with Gasteiger partial charge in [0.05, 0.1) is 0 Å². The van der Waals surface area contributed by atoms with Crippen molar-refractivity contribution >= 4 is 17.5 Å². The highest BCUT2D eigenvalue weighted by Gasteiger charge is 2.39. The number of para-hydroxylation sites is 1. The zero-order valence-electron chi connectivity index (χ0n) is 9.36. The Kier molecular flexibility index (Phi) is 2.42. The van der Waals surface area contributed by atoms with E-state index in [1.165, 1.54) is 4.90 Å². The number of rotatable bonds is 1. The number of amides is 2. The third kappa shape index (κ3) is 1.78. The lowest BCUT2D eigenvalue weighted by atomic mass is 10.00. The molecule has 1 aromatic carbocycles. The summed E-state index contributed by atoms with van der Waals surface area (Å²) in [5.41, 5.74) is -0.0685. The van der Waals surface area contributed by atoms with Gasteiger partial charge in [0.25, 0.3) is 5.91 Å². The number of benzene rings is 1. The zero-order valence-corrected chi connectivity index (χ0v) is 9.36. The minimum Gasteiger partial charge on any atom is -0.341 e. The van der Waals surface area contributed by atoms with Gasteiger partial charge < -0.3 is 10.2 Å². The predicted octanol–water partition coefficient (Wildman–Crippen LogP) is 0.928. The molecule has 0 radical (unpaired) electrons. The quantitative estimate of drug-likeness (QED) is 0.762. The van der Waals surface area contributed by atoms with Crippen molar-refractivity contribution in [3.05, 3.63) is 30.3 Å². The van der Waals surface area contributed by atoms with E-state index in [-0.39, 0.29) is 18.4 Å². The van der Waals surface area contributed by atoms with Crippen LogP contribution in [0.1, 0.15) is 13.8 Å². The highest BCUT2D eigenvalue weighted by Crippen LogP contribution is 2.20. The average Bonchev–Trinajstić information content (AvgIpc) is 2.24. The molecule has 16 heavy (non-hydrogen) atoms. The van der Waals surface area contributed by atoms with Crippen LogP contribution < -0.4 is 10.2 Å². The van der Waals surface area contributed by atoms with Crippen LogP contribution in [0.15, 0.2) is 30.3 Å². The van der Waals surface area contributed by atoms with Gasteiger partial charge in [0.1, 0.15) is 12.1 Å². The monoisotopic (exact) mass is 218 g/mol. The van der Waals surface area contributed by atoms with Crippen LogP contribution in [0.5, 0.6) is 0 Å². The van der Waals surface area contributed by atoms with Gasteiger partial charge in [0, 0.05) is 5.69 Å². The molecule has 1 fully saturated rings. The lowest BCUT2D eigenvalue weighted by molar-refractivity contribution is -0.134. The Labute approximate surface area is 94.2 Å². The molecule has 0 spiro atoms. The molecule has 84 valence electrons. The Hall–Kier alpha value is -1.84. The van der Waals surface area contributed by atoms with Gasteiger partial charge in [0.2, 0.25) is 5.91 Å². The van der Waals surface area contributed by atoms with Gasteiger partial charge >= 0.3 is 0 Å². The fourth-order valence-corrected chi connectivity index (χ4v) is 1.81. The van der Waals surface area contributed by atoms with Crippen molar-refractivity contribution in [1.82, 2.24) is 5.32 Å². The van der Waals surface area contributed by atoms with E-state index in [1.54, 1.807) is 13.8 Å². The summed E-state index contributed by atoms with van der Waals surface area (Å²) in [5, 5.41) is 2.67. The minimum absolute atomic E-state index is 0.0849. The maximum absolute atomic E-state index is 12.1. The van der Waals surface area contributed by atoms with Crippen molar-refractivity contribution in [2.45, 2.75) is 19.4 Å². The van der Waals surface area contributed by atoms with Gasteiger partial charge in [-0.3, -0.25) is 9.59 Å². The van der Waals surface area contributed by atoms with E-state index < -0.39 is 5.54 Å². The molecular weight excluding hydrogens is 204 g/mol. The molecule has 1 saturated heterocycles. The number of nitrogens with one attached hydrogen (secondary N) is 1. The van der Waals surface area contributed by atoms with Crippen LogP contribution in [0.3, 0.4) is 0 Å². The third-order valence-corrected chi connectivity index (χ3v) is 2.60. The topological polar surface area (TPSA) is 49.4 Å². The van der Waals surface area contributed by atoms with Gasteiger partial charge in [-0.25, -0.2) is 0 Å². The van der Waals surface area contributed by atoms with Crippen LogP contribution in [0.4, 0.5) is 5.69 Å². The van der Waals surface area contributed by atoms with Gasteiger partial charge in [-0.05, 0) is 26.0 Å². The summed E-state index contributed by atoms with van der Waals surface area (Å²) < 4.78 is 0. The highest BCUT2D eigenvalue weighted by molar-refractivity contribution is 6.08. The molecule has 1 aliphatic heterocycles. The zero-order chi connectivity index (χ0) is 11.8. The number of piperazine rings is 1. The molecule has 1 aliphatic rings. The van der Waals surface area contributed by atoms with Gasteiger partial charge in [-0.1, -0.05) is 18.2 Å². The van der Waals surface area contributed by atoms with E-state index in [9.17, 15) is 9.59 Å². The molecule has 0 bridgehead atoms. The van der Waals surface area contributed by atoms with E-state index in [0.29, 0.717) is 0 Å². The van der Waals surface area contributed by atoms with E-state index >= 15 is 0 Å². The number of carbonyl (C=O) groups is 2. The minimum atomic E-state index is -0.828. The highest BCUT2D eigenvalue weighted by atomic mass is 16.2. The van der Waals surface area contributed by atoms with E-state index in [2.05, 4.69) is 5.32 Å². The Balaban J connectivity index is 2.35. The van der Waals surface area contributed by atoms with Crippen molar-refractivity contribution < 1.29 is 9.59 Å².